The topological polar surface area (TPSA) is 63.2 Å². The maximum atomic E-state index is 11.5. The van der Waals surface area contributed by atoms with Crippen molar-refractivity contribution in [3.8, 4) is 0 Å². The van der Waals surface area contributed by atoms with E-state index in [0.29, 0.717) is 5.92 Å². The highest BCUT2D eigenvalue weighted by atomic mass is 32.2. The maximum Gasteiger partial charge on any atom is 0.236 e. The van der Waals surface area contributed by atoms with Crippen LogP contribution in [0.3, 0.4) is 0 Å². The van der Waals surface area contributed by atoms with E-state index in [0.717, 1.165) is 38.4 Å². The van der Waals surface area contributed by atoms with Gasteiger partial charge in [0.1, 0.15) is 0 Å². The molecule has 0 atom stereocenters. The molecule has 1 aliphatic rings. The van der Waals surface area contributed by atoms with E-state index in [9.17, 15) is 13.2 Å². The molecule has 5 heteroatoms. The summed E-state index contributed by atoms with van der Waals surface area (Å²) in [4.78, 5) is 11.5. The lowest BCUT2D eigenvalue weighted by atomic mass is 9.80. The Morgan fingerprint density at radius 2 is 1.80 bits per heavy atom. The molecule has 4 nitrogen and oxygen atoms in total. The quantitative estimate of drug-likeness (QED) is 0.798. The molecule has 0 heterocycles. The summed E-state index contributed by atoms with van der Waals surface area (Å²) < 4.78 is 23.8. The third-order valence-electron chi connectivity index (χ3n) is 3.08. The fourth-order valence-electron chi connectivity index (χ4n) is 2.10. The molecule has 0 aromatic rings. The summed E-state index contributed by atoms with van der Waals surface area (Å²) in [5, 5.41) is 0. The van der Waals surface area contributed by atoms with Crippen LogP contribution in [0.4, 0.5) is 0 Å². The van der Waals surface area contributed by atoms with Gasteiger partial charge in [0.05, 0.1) is 6.26 Å². The molecule has 1 N–H and O–H groups in total. The van der Waals surface area contributed by atoms with Crippen LogP contribution < -0.4 is 4.72 Å². The molecule has 0 aromatic carbocycles. The van der Waals surface area contributed by atoms with Crippen LogP contribution in [0.25, 0.3) is 0 Å². The van der Waals surface area contributed by atoms with Crippen LogP contribution in [0, 0.1) is 11.8 Å². The van der Waals surface area contributed by atoms with Crippen molar-refractivity contribution in [1.29, 1.82) is 0 Å². The zero-order valence-corrected chi connectivity index (χ0v) is 10.1. The molecule has 15 heavy (non-hydrogen) atoms. The highest BCUT2D eigenvalue weighted by molar-refractivity contribution is 7.89. The SMILES string of the molecule is CCC1CCC(C(=O)NS(C)(=O)=O)CC1. The van der Waals surface area contributed by atoms with Gasteiger partial charge in [-0.05, 0) is 31.6 Å². The number of hydrogen-bond acceptors (Lipinski definition) is 3. The lowest BCUT2D eigenvalue weighted by molar-refractivity contribution is -0.124. The molecule has 1 fully saturated rings. The molecular formula is C10H19NO3S. The normalized spacial score (nSPS) is 27.3. The Labute approximate surface area is 91.5 Å². The molecule has 0 aromatic heterocycles. The molecule has 0 aliphatic heterocycles. The minimum absolute atomic E-state index is 0.109. The standard InChI is InChI=1S/C10H19NO3S/c1-3-8-4-6-9(7-5-8)10(12)11-15(2,13)14/h8-9H,3-7H2,1-2H3,(H,11,12). The fraction of sp³-hybridized carbons (Fsp3) is 0.900. The summed E-state index contributed by atoms with van der Waals surface area (Å²) in [6.07, 6.45) is 5.89. The largest absolute Gasteiger partial charge is 0.274 e. The molecule has 88 valence electrons. The Hall–Kier alpha value is -0.580. The van der Waals surface area contributed by atoms with Crippen molar-refractivity contribution in [2.45, 2.75) is 39.0 Å². The molecule has 1 rings (SSSR count). The summed E-state index contributed by atoms with van der Waals surface area (Å²) in [7, 11) is -3.39. The lowest BCUT2D eigenvalue weighted by Crippen LogP contribution is -2.36. The monoisotopic (exact) mass is 233 g/mol. The van der Waals surface area contributed by atoms with Crippen LogP contribution in [0.2, 0.25) is 0 Å². The summed E-state index contributed by atoms with van der Waals surface area (Å²) in [6, 6.07) is 0. The zero-order chi connectivity index (χ0) is 11.5. The lowest BCUT2D eigenvalue weighted by Gasteiger charge is -2.26. The molecule has 0 unspecified atom stereocenters. The van der Waals surface area contributed by atoms with Gasteiger partial charge in [0, 0.05) is 5.92 Å². The number of carbonyl (C=O) groups is 1. The van der Waals surface area contributed by atoms with Gasteiger partial charge in [-0.2, -0.15) is 0 Å². The summed E-state index contributed by atoms with van der Waals surface area (Å²) in [5.41, 5.74) is 0. The number of amides is 1. The third-order valence-corrected chi connectivity index (χ3v) is 3.65. The second kappa shape index (κ2) is 4.96. The van der Waals surface area contributed by atoms with Gasteiger partial charge in [-0.25, -0.2) is 8.42 Å². The van der Waals surface area contributed by atoms with Crippen LogP contribution in [0.15, 0.2) is 0 Å². The van der Waals surface area contributed by atoms with E-state index in [1.165, 1.54) is 0 Å². The Morgan fingerprint density at radius 3 is 2.20 bits per heavy atom. The van der Waals surface area contributed by atoms with Crippen molar-refractivity contribution in [3.05, 3.63) is 0 Å². The van der Waals surface area contributed by atoms with E-state index in [2.05, 4.69) is 11.6 Å². The van der Waals surface area contributed by atoms with Crippen LogP contribution in [0.1, 0.15) is 39.0 Å². The van der Waals surface area contributed by atoms with Crippen molar-refractivity contribution in [1.82, 2.24) is 4.72 Å². The van der Waals surface area contributed by atoms with E-state index < -0.39 is 10.0 Å². The predicted octanol–water partition coefficient (Wildman–Crippen LogP) is 1.28. The van der Waals surface area contributed by atoms with Gasteiger partial charge in [0.25, 0.3) is 0 Å². The van der Waals surface area contributed by atoms with Crippen molar-refractivity contribution in [3.63, 3.8) is 0 Å². The molecule has 1 amide bonds. The predicted molar refractivity (Wildman–Crippen MR) is 58.7 cm³/mol. The van der Waals surface area contributed by atoms with Crippen molar-refractivity contribution in [2.24, 2.45) is 11.8 Å². The van der Waals surface area contributed by atoms with Gasteiger partial charge in [-0.1, -0.05) is 13.3 Å². The van der Waals surface area contributed by atoms with Crippen LogP contribution in [0.5, 0.6) is 0 Å². The van der Waals surface area contributed by atoms with Gasteiger partial charge < -0.3 is 0 Å². The van der Waals surface area contributed by atoms with Crippen LogP contribution in [-0.2, 0) is 14.8 Å². The van der Waals surface area contributed by atoms with E-state index in [4.69, 9.17) is 0 Å². The van der Waals surface area contributed by atoms with Gasteiger partial charge in [-0.15, -0.1) is 0 Å². The average Bonchev–Trinajstić information content (AvgIpc) is 2.15. The minimum Gasteiger partial charge on any atom is -0.274 e. The van der Waals surface area contributed by atoms with E-state index in [1.807, 2.05) is 0 Å². The zero-order valence-electron chi connectivity index (χ0n) is 9.32. The number of rotatable bonds is 3. The Morgan fingerprint density at radius 1 is 1.27 bits per heavy atom. The number of sulfonamides is 1. The first-order chi connectivity index (χ1) is 6.92. The number of nitrogens with one attached hydrogen (secondary N) is 1. The van der Waals surface area contributed by atoms with Crippen LogP contribution in [-0.4, -0.2) is 20.6 Å². The van der Waals surface area contributed by atoms with Crippen molar-refractivity contribution < 1.29 is 13.2 Å². The molecule has 1 saturated carbocycles. The third kappa shape index (κ3) is 4.20. The van der Waals surface area contributed by atoms with Gasteiger partial charge in [-0.3, -0.25) is 9.52 Å². The first-order valence-corrected chi connectivity index (χ1v) is 7.33. The van der Waals surface area contributed by atoms with Crippen molar-refractivity contribution >= 4 is 15.9 Å². The highest BCUT2D eigenvalue weighted by Crippen LogP contribution is 2.30. The molecule has 0 saturated heterocycles. The second-order valence-corrected chi connectivity index (χ2v) is 6.11. The average molecular weight is 233 g/mol. The molecule has 0 bridgehead atoms. The maximum absolute atomic E-state index is 11.5. The molecule has 1 aliphatic carbocycles. The Kier molecular flexibility index (Phi) is 4.13. The molecular weight excluding hydrogens is 214 g/mol. The first kappa shape index (κ1) is 12.5. The van der Waals surface area contributed by atoms with E-state index in [1.54, 1.807) is 0 Å². The summed E-state index contributed by atoms with van der Waals surface area (Å²) >= 11 is 0. The number of hydrogen-bond donors (Lipinski definition) is 1. The fourth-order valence-corrected chi connectivity index (χ4v) is 2.63. The van der Waals surface area contributed by atoms with E-state index in [-0.39, 0.29) is 11.8 Å². The minimum atomic E-state index is -3.39. The smallest absolute Gasteiger partial charge is 0.236 e. The second-order valence-electron chi connectivity index (χ2n) is 4.36. The summed E-state index contributed by atoms with van der Waals surface area (Å²) in [5.74, 6) is 0.280. The highest BCUT2D eigenvalue weighted by Gasteiger charge is 2.26. The van der Waals surface area contributed by atoms with Gasteiger partial charge >= 0.3 is 0 Å². The van der Waals surface area contributed by atoms with Gasteiger partial charge in [0.2, 0.25) is 15.9 Å². The van der Waals surface area contributed by atoms with Crippen LogP contribution >= 0.6 is 0 Å². The van der Waals surface area contributed by atoms with Crippen molar-refractivity contribution in [2.75, 3.05) is 6.26 Å². The molecule has 0 spiro atoms. The Bertz CT molecular complexity index is 316. The molecule has 0 radical (unpaired) electrons. The first-order valence-electron chi connectivity index (χ1n) is 5.44. The van der Waals surface area contributed by atoms with E-state index >= 15 is 0 Å². The number of carbonyl (C=O) groups excluding carboxylic acids is 1. The summed E-state index contributed by atoms with van der Waals surface area (Å²) in [6.45, 7) is 2.15. The van der Waals surface area contributed by atoms with Gasteiger partial charge in [0.15, 0.2) is 0 Å². The Balaban J connectivity index is 2.43.